The number of amides is 1. The summed E-state index contributed by atoms with van der Waals surface area (Å²) in [7, 11) is 0. The van der Waals surface area contributed by atoms with Crippen LogP contribution in [0.25, 0.3) is 0 Å². The first-order valence-electron chi connectivity index (χ1n) is 5.76. The second-order valence-electron chi connectivity index (χ2n) is 4.43. The van der Waals surface area contributed by atoms with Gasteiger partial charge in [0.25, 0.3) is 0 Å². The highest BCUT2D eigenvalue weighted by molar-refractivity contribution is 5.93. The lowest BCUT2D eigenvalue weighted by Crippen LogP contribution is -2.25. The zero-order chi connectivity index (χ0) is 11.5. The summed E-state index contributed by atoms with van der Waals surface area (Å²) >= 11 is 0. The monoisotopic (exact) mass is 218 g/mol. The van der Waals surface area contributed by atoms with Crippen molar-refractivity contribution >= 4 is 11.6 Å². The molecule has 2 N–H and O–H groups in total. The number of hydrogen-bond donors (Lipinski definition) is 2. The molecule has 1 aliphatic heterocycles. The molecule has 2 rings (SSSR count). The van der Waals surface area contributed by atoms with Crippen molar-refractivity contribution in [3.8, 4) is 0 Å². The van der Waals surface area contributed by atoms with E-state index in [2.05, 4.69) is 23.6 Å². The molecule has 1 aromatic carbocycles. The normalized spacial score (nSPS) is 19.8. The van der Waals surface area contributed by atoms with Crippen LogP contribution in [0.1, 0.15) is 17.5 Å². The maximum absolute atomic E-state index is 11.9. The van der Waals surface area contributed by atoms with Gasteiger partial charge in [0.05, 0.1) is 5.92 Å². The Hall–Kier alpha value is -1.35. The van der Waals surface area contributed by atoms with Crippen molar-refractivity contribution in [1.29, 1.82) is 0 Å². The fourth-order valence-electron chi connectivity index (χ4n) is 2.00. The highest BCUT2D eigenvalue weighted by Crippen LogP contribution is 2.19. The van der Waals surface area contributed by atoms with E-state index in [0.717, 1.165) is 30.8 Å². The molecule has 0 aliphatic carbocycles. The van der Waals surface area contributed by atoms with Crippen molar-refractivity contribution < 1.29 is 4.79 Å². The predicted octanol–water partition coefficient (Wildman–Crippen LogP) is 1.85. The second-order valence-corrected chi connectivity index (χ2v) is 4.43. The van der Waals surface area contributed by atoms with Crippen molar-refractivity contribution in [2.24, 2.45) is 5.92 Å². The summed E-state index contributed by atoms with van der Waals surface area (Å²) in [5.41, 5.74) is 3.31. The molecular formula is C13H18N2O. The van der Waals surface area contributed by atoms with Crippen molar-refractivity contribution in [1.82, 2.24) is 5.32 Å². The van der Waals surface area contributed by atoms with Crippen molar-refractivity contribution in [2.45, 2.75) is 20.3 Å². The summed E-state index contributed by atoms with van der Waals surface area (Å²) in [5.74, 6) is 0.263. The first-order valence-corrected chi connectivity index (χ1v) is 5.76. The Morgan fingerprint density at radius 1 is 1.44 bits per heavy atom. The molecule has 1 atom stereocenters. The van der Waals surface area contributed by atoms with E-state index in [1.807, 2.05) is 19.1 Å². The molecule has 1 amide bonds. The van der Waals surface area contributed by atoms with E-state index in [1.165, 1.54) is 5.56 Å². The number of nitrogens with one attached hydrogen (secondary N) is 2. The van der Waals surface area contributed by atoms with Crippen LogP contribution in [0.5, 0.6) is 0 Å². The van der Waals surface area contributed by atoms with E-state index < -0.39 is 0 Å². The van der Waals surface area contributed by atoms with Gasteiger partial charge in [-0.05, 0) is 44.0 Å². The summed E-state index contributed by atoms with van der Waals surface area (Å²) in [6.07, 6.45) is 0.941. The topological polar surface area (TPSA) is 41.1 Å². The third-order valence-electron chi connectivity index (χ3n) is 3.29. The van der Waals surface area contributed by atoms with Gasteiger partial charge < -0.3 is 10.6 Å². The van der Waals surface area contributed by atoms with E-state index in [0.29, 0.717) is 0 Å². The molecule has 1 heterocycles. The number of rotatable bonds is 2. The largest absolute Gasteiger partial charge is 0.326 e. The molecule has 16 heavy (non-hydrogen) atoms. The molecule has 1 aromatic rings. The summed E-state index contributed by atoms with van der Waals surface area (Å²) in [6, 6.07) is 6.00. The molecule has 0 bridgehead atoms. The van der Waals surface area contributed by atoms with Crippen LogP contribution in [-0.2, 0) is 4.79 Å². The number of carbonyl (C=O) groups excluding carboxylic acids is 1. The summed E-state index contributed by atoms with van der Waals surface area (Å²) < 4.78 is 0. The van der Waals surface area contributed by atoms with Gasteiger partial charge in [0, 0.05) is 12.2 Å². The van der Waals surface area contributed by atoms with Gasteiger partial charge >= 0.3 is 0 Å². The molecule has 0 radical (unpaired) electrons. The first kappa shape index (κ1) is 11.1. The van der Waals surface area contributed by atoms with Crippen LogP contribution in [0.15, 0.2) is 18.2 Å². The van der Waals surface area contributed by atoms with Gasteiger partial charge in [-0.2, -0.15) is 0 Å². The Morgan fingerprint density at radius 2 is 2.25 bits per heavy atom. The molecule has 3 heteroatoms. The Balaban J connectivity index is 2.08. The van der Waals surface area contributed by atoms with Crippen LogP contribution in [0.3, 0.4) is 0 Å². The van der Waals surface area contributed by atoms with Gasteiger partial charge in [-0.3, -0.25) is 4.79 Å². The van der Waals surface area contributed by atoms with Crippen LogP contribution < -0.4 is 10.6 Å². The Kier molecular flexibility index (Phi) is 3.25. The van der Waals surface area contributed by atoms with Gasteiger partial charge in [-0.1, -0.05) is 12.1 Å². The lowest BCUT2D eigenvalue weighted by Gasteiger charge is -2.13. The fraction of sp³-hybridized carbons (Fsp3) is 0.462. The molecule has 0 aromatic heterocycles. The lowest BCUT2D eigenvalue weighted by atomic mass is 10.1. The minimum absolute atomic E-state index is 0.125. The minimum Gasteiger partial charge on any atom is -0.326 e. The average molecular weight is 218 g/mol. The Labute approximate surface area is 96.2 Å². The van der Waals surface area contributed by atoms with Crippen LogP contribution in [0.4, 0.5) is 5.69 Å². The zero-order valence-electron chi connectivity index (χ0n) is 9.84. The third-order valence-corrected chi connectivity index (χ3v) is 3.29. The van der Waals surface area contributed by atoms with E-state index in [9.17, 15) is 4.79 Å². The highest BCUT2D eigenvalue weighted by Gasteiger charge is 2.22. The van der Waals surface area contributed by atoms with Crippen molar-refractivity contribution in [3.05, 3.63) is 29.3 Å². The molecular weight excluding hydrogens is 200 g/mol. The van der Waals surface area contributed by atoms with E-state index in [4.69, 9.17) is 0 Å². The molecule has 1 fully saturated rings. The fourth-order valence-corrected chi connectivity index (χ4v) is 2.00. The maximum Gasteiger partial charge on any atom is 0.228 e. The van der Waals surface area contributed by atoms with Crippen LogP contribution in [0.2, 0.25) is 0 Å². The van der Waals surface area contributed by atoms with Crippen LogP contribution >= 0.6 is 0 Å². The molecule has 1 aliphatic rings. The summed E-state index contributed by atoms with van der Waals surface area (Å²) in [6.45, 7) is 5.85. The van der Waals surface area contributed by atoms with Crippen molar-refractivity contribution in [3.63, 3.8) is 0 Å². The summed E-state index contributed by atoms with van der Waals surface area (Å²) in [5, 5.41) is 6.22. The Bertz CT molecular complexity index is 395. The molecule has 0 spiro atoms. The second kappa shape index (κ2) is 4.66. The third kappa shape index (κ3) is 2.25. The summed E-state index contributed by atoms with van der Waals surface area (Å²) in [4.78, 5) is 11.9. The van der Waals surface area contributed by atoms with Gasteiger partial charge in [-0.15, -0.1) is 0 Å². The van der Waals surface area contributed by atoms with Gasteiger partial charge in [0.15, 0.2) is 0 Å². The quantitative estimate of drug-likeness (QED) is 0.795. The van der Waals surface area contributed by atoms with Crippen molar-refractivity contribution in [2.75, 3.05) is 18.4 Å². The van der Waals surface area contributed by atoms with Crippen LogP contribution in [0, 0.1) is 19.8 Å². The predicted molar refractivity (Wildman–Crippen MR) is 65.5 cm³/mol. The van der Waals surface area contributed by atoms with Crippen LogP contribution in [-0.4, -0.2) is 19.0 Å². The number of hydrogen-bond acceptors (Lipinski definition) is 2. The van der Waals surface area contributed by atoms with Gasteiger partial charge in [0.1, 0.15) is 0 Å². The first-order chi connectivity index (χ1) is 7.68. The number of aryl methyl sites for hydroxylation is 1. The van der Waals surface area contributed by atoms with E-state index in [1.54, 1.807) is 0 Å². The Morgan fingerprint density at radius 3 is 2.94 bits per heavy atom. The molecule has 86 valence electrons. The van der Waals surface area contributed by atoms with Gasteiger partial charge in [-0.25, -0.2) is 0 Å². The standard InChI is InChI=1S/C13H18N2O/c1-9-4-3-5-12(10(9)2)15-13(16)11-6-7-14-8-11/h3-5,11,14H,6-8H2,1-2H3,(H,15,16). The number of anilines is 1. The SMILES string of the molecule is Cc1cccc(NC(=O)C2CCNC2)c1C. The van der Waals surface area contributed by atoms with Gasteiger partial charge in [0.2, 0.25) is 5.91 Å². The average Bonchev–Trinajstić information content (AvgIpc) is 2.78. The highest BCUT2D eigenvalue weighted by atomic mass is 16.1. The maximum atomic E-state index is 11.9. The number of benzene rings is 1. The molecule has 3 nitrogen and oxygen atoms in total. The zero-order valence-corrected chi connectivity index (χ0v) is 9.84. The van der Waals surface area contributed by atoms with E-state index >= 15 is 0 Å². The minimum atomic E-state index is 0.125. The lowest BCUT2D eigenvalue weighted by molar-refractivity contribution is -0.119. The van der Waals surface area contributed by atoms with E-state index in [-0.39, 0.29) is 11.8 Å². The molecule has 1 saturated heterocycles. The smallest absolute Gasteiger partial charge is 0.228 e. The molecule has 0 saturated carbocycles. The molecule has 1 unspecified atom stereocenters. The number of carbonyl (C=O) groups is 1.